The van der Waals surface area contributed by atoms with Gasteiger partial charge in [0.05, 0.1) is 12.1 Å². The van der Waals surface area contributed by atoms with E-state index in [1.807, 2.05) is 24.3 Å². The first-order valence-corrected chi connectivity index (χ1v) is 9.27. The average Bonchev–Trinajstić information content (AvgIpc) is 3.31. The molecule has 0 unspecified atom stereocenters. The average molecular weight is 360 g/mol. The molecule has 1 aliphatic carbocycles. The summed E-state index contributed by atoms with van der Waals surface area (Å²) < 4.78 is 2.10. The van der Waals surface area contributed by atoms with Crippen LogP contribution >= 0.6 is 11.6 Å². The summed E-state index contributed by atoms with van der Waals surface area (Å²) in [5.41, 5.74) is 0.814. The highest BCUT2D eigenvalue weighted by Crippen LogP contribution is 2.39. The van der Waals surface area contributed by atoms with Crippen LogP contribution in [0.5, 0.6) is 0 Å². The molecule has 1 aromatic carbocycles. The van der Waals surface area contributed by atoms with Crippen LogP contribution in [0.15, 0.2) is 24.3 Å². The Morgan fingerprint density at radius 2 is 1.92 bits per heavy atom. The van der Waals surface area contributed by atoms with E-state index in [2.05, 4.69) is 25.4 Å². The molecule has 0 atom stereocenters. The molecule has 0 saturated heterocycles. The summed E-state index contributed by atoms with van der Waals surface area (Å²) in [6.07, 6.45) is 6.19. The lowest BCUT2D eigenvalue weighted by Gasteiger charge is -2.31. The van der Waals surface area contributed by atoms with E-state index < -0.39 is 0 Å². The van der Waals surface area contributed by atoms with Gasteiger partial charge in [0.1, 0.15) is 5.82 Å². The Bertz CT molecular complexity index is 764. The van der Waals surface area contributed by atoms with Crippen LogP contribution < -0.4 is 10.6 Å². The summed E-state index contributed by atoms with van der Waals surface area (Å²) in [7, 11) is 0. The van der Waals surface area contributed by atoms with Crippen LogP contribution in [0.25, 0.3) is 0 Å². The number of carbonyl (C=O) groups excluding carboxylic acids is 1. The summed E-state index contributed by atoms with van der Waals surface area (Å²) >= 11 is 6.01. The van der Waals surface area contributed by atoms with Gasteiger partial charge in [0.25, 0.3) is 0 Å². The van der Waals surface area contributed by atoms with Crippen LogP contribution in [0.4, 0.5) is 4.79 Å². The van der Waals surface area contributed by atoms with Crippen molar-refractivity contribution in [3.05, 3.63) is 46.5 Å². The van der Waals surface area contributed by atoms with Crippen LogP contribution in [0.2, 0.25) is 5.02 Å². The minimum absolute atomic E-state index is 0.160. The molecule has 2 N–H and O–H groups in total. The minimum atomic E-state index is -0.304. The molecule has 2 aliphatic rings. The number of benzene rings is 1. The number of halogens is 1. The van der Waals surface area contributed by atoms with E-state index in [4.69, 9.17) is 11.6 Å². The van der Waals surface area contributed by atoms with Crippen molar-refractivity contribution < 1.29 is 4.79 Å². The van der Waals surface area contributed by atoms with Crippen molar-refractivity contribution in [1.82, 2.24) is 25.4 Å². The molecule has 25 heavy (non-hydrogen) atoms. The van der Waals surface area contributed by atoms with Gasteiger partial charge in [0, 0.05) is 18.0 Å². The molecule has 2 heterocycles. The highest BCUT2D eigenvalue weighted by atomic mass is 35.5. The Balaban J connectivity index is 1.43. The van der Waals surface area contributed by atoms with Gasteiger partial charge in [-0.2, -0.15) is 0 Å². The molecule has 1 aliphatic heterocycles. The highest BCUT2D eigenvalue weighted by Gasteiger charge is 2.37. The monoisotopic (exact) mass is 359 g/mol. The van der Waals surface area contributed by atoms with Crippen LogP contribution in [-0.4, -0.2) is 20.8 Å². The zero-order valence-electron chi connectivity index (χ0n) is 14.1. The van der Waals surface area contributed by atoms with Gasteiger partial charge in [-0.1, -0.05) is 36.6 Å². The van der Waals surface area contributed by atoms with Crippen molar-refractivity contribution in [2.24, 2.45) is 0 Å². The van der Waals surface area contributed by atoms with Crippen molar-refractivity contribution in [1.29, 1.82) is 0 Å². The number of aryl methyl sites for hydroxylation is 1. The number of fused-ring (bicyclic) bond motifs is 1. The smallest absolute Gasteiger partial charge is 0.315 e. The fourth-order valence-electron chi connectivity index (χ4n) is 4.00. The summed E-state index contributed by atoms with van der Waals surface area (Å²) in [4.78, 5) is 12.5. The maximum absolute atomic E-state index is 12.5. The van der Waals surface area contributed by atoms with Crippen molar-refractivity contribution >= 4 is 17.6 Å². The second kappa shape index (κ2) is 6.67. The third kappa shape index (κ3) is 3.23. The van der Waals surface area contributed by atoms with E-state index in [0.29, 0.717) is 11.6 Å². The van der Waals surface area contributed by atoms with E-state index in [1.54, 1.807) is 0 Å². The van der Waals surface area contributed by atoms with Crippen molar-refractivity contribution in [3.63, 3.8) is 0 Å². The van der Waals surface area contributed by atoms with Crippen LogP contribution in [0.1, 0.15) is 49.3 Å². The molecular weight excluding hydrogens is 338 g/mol. The molecule has 1 saturated carbocycles. The van der Waals surface area contributed by atoms with Crippen molar-refractivity contribution in [2.45, 2.75) is 57.2 Å². The van der Waals surface area contributed by atoms with Gasteiger partial charge in [-0.3, -0.25) is 0 Å². The number of carbonyl (C=O) groups is 1. The highest BCUT2D eigenvalue weighted by molar-refractivity contribution is 6.30. The molecule has 0 spiro atoms. The van der Waals surface area contributed by atoms with Gasteiger partial charge in [-0.25, -0.2) is 4.79 Å². The third-order valence-corrected chi connectivity index (χ3v) is 5.55. The third-order valence-electron chi connectivity index (χ3n) is 5.30. The number of rotatable bonds is 4. The predicted molar refractivity (Wildman–Crippen MR) is 95.3 cm³/mol. The second-order valence-electron chi connectivity index (χ2n) is 6.89. The first-order valence-electron chi connectivity index (χ1n) is 8.89. The standard InChI is InChI=1S/C18H22ClN5O/c19-14-7-5-13(6-8-14)18(9-1-2-10-18)21-17(25)20-12-16-23-22-15-4-3-11-24(15)16/h5-8H,1-4,9-12H2,(H2,20,21,25). The van der Waals surface area contributed by atoms with E-state index in [1.165, 1.54) is 0 Å². The molecule has 2 amide bonds. The lowest BCUT2D eigenvalue weighted by molar-refractivity contribution is 0.223. The fraction of sp³-hybridized carbons (Fsp3) is 0.500. The number of nitrogens with one attached hydrogen (secondary N) is 2. The quantitative estimate of drug-likeness (QED) is 0.880. The lowest BCUT2D eigenvalue weighted by atomic mass is 9.88. The number of nitrogens with zero attached hydrogens (tertiary/aromatic N) is 3. The molecular formula is C18H22ClN5O. The van der Waals surface area contributed by atoms with Gasteiger partial charge in [-0.05, 0) is 37.0 Å². The Morgan fingerprint density at radius 3 is 2.68 bits per heavy atom. The SMILES string of the molecule is O=C(NCc1nnc2n1CCC2)NC1(c2ccc(Cl)cc2)CCCC1. The van der Waals surface area contributed by atoms with Gasteiger partial charge in [0.15, 0.2) is 5.82 Å². The van der Waals surface area contributed by atoms with Crippen LogP contribution in [-0.2, 0) is 25.0 Å². The maximum Gasteiger partial charge on any atom is 0.315 e. The fourth-order valence-corrected chi connectivity index (χ4v) is 4.12. The Kier molecular flexibility index (Phi) is 4.37. The summed E-state index contributed by atoms with van der Waals surface area (Å²) in [5.74, 6) is 1.85. The van der Waals surface area contributed by atoms with E-state index in [0.717, 1.165) is 62.3 Å². The first-order chi connectivity index (χ1) is 12.2. The Morgan fingerprint density at radius 1 is 1.16 bits per heavy atom. The minimum Gasteiger partial charge on any atom is -0.331 e. The largest absolute Gasteiger partial charge is 0.331 e. The maximum atomic E-state index is 12.5. The normalized spacial score (nSPS) is 18.1. The molecule has 1 aromatic heterocycles. The van der Waals surface area contributed by atoms with E-state index in [-0.39, 0.29) is 11.6 Å². The van der Waals surface area contributed by atoms with Crippen molar-refractivity contribution in [3.8, 4) is 0 Å². The van der Waals surface area contributed by atoms with Gasteiger partial charge >= 0.3 is 6.03 Å². The number of hydrogen-bond acceptors (Lipinski definition) is 3. The number of aromatic nitrogens is 3. The summed E-state index contributed by atoms with van der Waals surface area (Å²) in [6, 6.07) is 7.64. The molecule has 7 heteroatoms. The molecule has 2 aromatic rings. The van der Waals surface area contributed by atoms with Gasteiger partial charge in [0.2, 0.25) is 0 Å². The number of urea groups is 1. The molecule has 0 radical (unpaired) electrons. The second-order valence-corrected chi connectivity index (χ2v) is 7.33. The molecule has 132 valence electrons. The van der Waals surface area contributed by atoms with Crippen molar-refractivity contribution in [2.75, 3.05) is 0 Å². The topological polar surface area (TPSA) is 71.8 Å². The molecule has 1 fully saturated rings. The summed E-state index contributed by atoms with van der Waals surface area (Å²) in [5, 5.41) is 15.2. The molecule has 6 nitrogen and oxygen atoms in total. The zero-order chi connectivity index (χ0) is 17.3. The Hall–Kier alpha value is -2.08. The molecule has 0 bridgehead atoms. The van der Waals surface area contributed by atoms with Crippen LogP contribution in [0.3, 0.4) is 0 Å². The first kappa shape index (κ1) is 16.4. The zero-order valence-corrected chi connectivity index (χ0v) is 14.9. The van der Waals surface area contributed by atoms with Gasteiger partial charge in [-0.15, -0.1) is 10.2 Å². The van der Waals surface area contributed by atoms with E-state index >= 15 is 0 Å². The van der Waals surface area contributed by atoms with Gasteiger partial charge < -0.3 is 15.2 Å². The summed E-state index contributed by atoms with van der Waals surface area (Å²) in [6.45, 7) is 1.34. The van der Waals surface area contributed by atoms with Crippen LogP contribution in [0, 0.1) is 0 Å². The lowest BCUT2D eigenvalue weighted by Crippen LogP contribution is -2.48. The number of hydrogen-bond donors (Lipinski definition) is 2. The Labute approximate surface area is 152 Å². The molecule has 4 rings (SSSR count). The predicted octanol–water partition coefficient (Wildman–Crippen LogP) is 3.15. The van der Waals surface area contributed by atoms with E-state index in [9.17, 15) is 4.79 Å². The number of amides is 2.